The maximum absolute atomic E-state index is 5.28. The van der Waals surface area contributed by atoms with Crippen molar-refractivity contribution >= 4 is 33.2 Å². The number of aliphatic imine (C=N–C) groups is 1. The number of aromatic amines is 1. The predicted molar refractivity (Wildman–Crippen MR) is 127 cm³/mol. The summed E-state index contributed by atoms with van der Waals surface area (Å²) in [5, 5.41) is 2.53. The van der Waals surface area contributed by atoms with E-state index >= 15 is 0 Å². The van der Waals surface area contributed by atoms with Crippen LogP contribution in [0.4, 0.5) is 5.69 Å². The van der Waals surface area contributed by atoms with Gasteiger partial charge in [0.1, 0.15) is 0 Å². The first-order chi connectivity index (χ1) is 14.7. The minimum absolute atomic E-state index is 0.986. The molecule has 30 heavy (non-hydrogen) atoms. The molecule has 144 valence electrons. The number of benzene rings is 4. The molecule has 2 nitrogen and oxygen atoms in total. The van der Waals surface area contributed by atoms with Gasteiger partial charge in [0.25, 0.3) is 0 Å². The second-order valence-electron chi connectivity index (χ2n) is 8.12. The van der Waals surface area contributed by atoms with Crippen LogP contribution in [0.25, 0.3) is 32.9 Å². The third-order valence-corrected chi connectivity index (χ3v) is 6.20. The van der Waals surface area contributed by atoms with Crippen LogP contribution in [-0.2, 0) is 6.42 Å². The van der Waals surface area contributed by atoms with Crippen LogP contribution in [0, 0.1) is 6.92 Å². The van der Waals surface area contributed by atoms with E-state index in [9.17, 15) is 0 Å². The number of hydrogen-bond acceptors (Lipinski definition) is 1. The number of nitrogens with one attached hydrogen (secondary N) is 1. The van der Waals surface area contributed by atoms with Gasteiger partial charge >= 0.3 is 0 Å². The van der Waals surface area contributed by atoms with E-state index < -0.39 is 0 Å². The van der Waals surface area contributed by atoms with Crippen molar-refractivity contribution < 1.29 is 0 Å². The largest absolute Gasteiger partial charge is 0.353 e. The Morgan fingerprint density at radius 3 is 2.07 bits per heavy atom. The van der Waals surface area contributed by atoms with E-state index in [-0.39, 0.29) is 0 Å². The zero-order chi connectivity index (χ0) is 20.2. The normalized spacial score (nSPS) is 12.4. The van der Waals surface area contributed by atoms with Gasteiger partial charge in [-0.15, -0.1) is 0 Å². The van der Waals surface area contributed by atoms with E-state index in [1.165, 1.54) is 44.2 Å². The van der Waals surface area contributed by atoms with Crippen LogP contribution in [-0.4, -0.2) is 10.7 Å². The zero-order valence-corrected chi connectivity index (χ0v) is 17.2. The molecule has 0 unspecified atom stereocenters. The number of hydrogen-bond donors (Lipinski definition) is 1. The summed E-state index contributed by atoms with van der Waals surface area (Å²) < 4.78 is 0. The van der Waals surface area contributed by atoms with Crippen LogP contribution in [0.5, 0.6) is 0 Å². The Kier molecular flexibility index (Phi) is 3.69. The van der Waals surface area contributed by atoms with Crippen LogP contribution in [0.2, 0.25) is 0 Å². The van der Waals surface area contributed by atoms with Gasteiger partial charge in [-0.05, 0) is 54.3 Å². The van der Waals surface area contributed by atoms with Crippen molar-refractivity contribution in [1.82, 2.24) is 4.98 Å². The number of aromatic nitrogens is 1. The van der Waals surface area contributed by atoms with Gasteiger partial charge in [-0.2, -0.15) is 0 Å². The summed E-state index contributed by atoms with van der Waals surface area (Å²) in [6.07, 6.45) is 0.986. The first-order valence-electron chi connectivity index (χ1n) is 10.6. The highest BCUT2D eigenvalue weighted by Gasteiger charge is 2.24. The summed E-state index contributed by atoms with van der Waals surface area (Å²) in [6.45, 7) is 4.35. The van der Waals surface area contributed by atoms with Crippen molar-refractivity contribution in [1.29, 1.82) is 0 Å². The third-order valence-electron chi connectivity index (χ3n) is 6.20. The van der Waals surface area contributed by atoms with E-state index in [0.717, 1.165) is 28.9 Å². The fourth-order valence-electron chi connectivity index (χ4n) is 4.68. The Morgan fingerprint density at radius 2 is 1.40 bits per heavy atom. The van der Waals surface area contributed by atoms with Crippen LogP contribution < -0.4 is 0 Å². The average Bonchev–Trinajstić information content (AvgIpc) is 3.30. The van der Waals surface area contributed by atoms with E-state index in [0.29, 0.717) is 0 Å². The maximum atomic E-state index is 5.28. The molecule has 0 bridgehead atoms. The SMILES string of the molecule is CCc1cc(N=C2c3ccccc3-c3ccccc32)c2[nH]c3ccc(C)cc3c2c1. The van der Waals surface area contributed by atoms with Crippen molar-refractivity contribution in [2.45, 2.75) is 20.3 Å². The topological polar surface area (TPSA) is 28.1 Å². The first-order valence-corrected chi connectivity index (χ1v) is 10.6. The van der Waals surface area contributed by atoms with Gasteiger partial charge in [0.05, 0.1) is 16.9 Å². The lowest BCUT2D eigenvalue weighted by atomic mass is 10.0. The number of aryl methyl sites for hydroxylation is 2. The van der Waals surface area contributed by atoms with Crippen molar-refractivity contribution in [3.8, 4) is 11.1 Å². The summed E-state index contributed by atoms with van der Waals surface area (Å²) in [5.74, 6) is 0. The minimum Gasteiger partial charge on any atom is -0.353 e. The number of nitrogens with zero attached hydrogens (tertiary/aromatic N) is 1. The standard InChI is InChI=1S/C28H22N2/c1-3-18-15-24-23-14-17(2)12-13-25(23)29-28(24)26(16-18)30-27-21-10-6-4-8-19(21)20-9-5-7-11-22(20)27/h4-16,29H,3H2,1-2H3. The molecule has 0 amide bonds. The molecule has 0 radical (unpaired) electrons. The van der Waals surface area contributed by atoms with Crippen molar-refractivity contribution in [3.05, 3.63) is 101 Å². The Hall–Kier alpha value is -3.65. The predicted octanol–water partition coefficient (Wildman–Crippen LogP) is 7.34. The average molecular weight is 386 g/mol. The molecule has 5 aromatic rings. The molecular weight excluding hydrogens is 364 g/mol. The summed E-state index contributed by atoms with van der Waals surface area (Å²) in [7, 11) is 0. The quantitative estimate of drug-likeness (QED) is 0.322. The number of rotatable bonds is 2. The monoisotopic (exact) mass is 386 g/mol. The second kappa shape index (κ2) is 6.43. The fourth-order valence-corrected chi connectivity index (χ4v) is 4.68. The maximum Gasteiger partial charge on any atom is 0.0881 e. The fraction of sp³-hybridized carbons (Fsp3) is 0.107. The van der Waals surface area contributed by atoms with Gasteiger partial charge in [0.15, 0.2) is 0 Å². The summed E-state index contributed by atoms with van der Waals surface area (Å²) >= 11 is 0. The highest BCUT2D eigenvalue weighted by Crippen LogP contribution is 2.40. The van der Waals surface area contributed by atoms with Crippen molar-refractivity contribution in [3.63, 3.8) is 0 Å². The molecule has 6 rings (SSSR count). The molecule has 1 aliphatic rings. The van der Waals surface area contributed by atoms with Crippen molar-refractivity contribution in [2.75, 3.05) is 0 Å². The van der Waals surface area contributed by atoms with Crippen LogP contribution in [0.1, 0.15) is 29.2 Å². The molecule has 1 heterocycles. The molecule has 0 fully saturated rings. The summed E-state index contributed by atoms with van der Waals surface area (Å²) in [4.78, 5) is 8.92. The molecule has 0 saturated heterocycles. The zero-order valence-electron chi connectivity index (χ0n) is 17.2. The van der Waals surface area contributed by atoms with Gasteiger partial charge in [-0.25, -0.2) is 4.99 Å². The molecule has 4 aromatic carbocycles. The van der Waals surface area contributed by atoms with Crippen molar-refractivity contribution in [2.24, 2.45) is 4.99 Å². The lowest BCUT2D eigenvalue weighted by Gasteiger charge is -2.06. The Bertz CT molecular complexity index is 1440. The van der Waals surface area contributed by atoms with Crippen LogP contribution in [0.3, 0.4) is 0 Å². The van der Waals surface area contributed by atoms with E-state index in [2.05, 4.69) is 97.7 Å². The van der Waals surface area contributed by atoms with Gasteiger partial charge < -0.3 is 4.98 Å². The van der Waals surface area contributed by atoms with Gasteiger partial charge in [0, 0.05) is 27.4 Å². The van der Waals surface area contributed by atoms with Gasteiger partial charge in [-0.1, -0.05) is 67.1 Å². The minimum atomic E-state index is 0.986. The van der Waals surface area contributed by atoms with E-state index in [1.807, 2.05) is 0 Å². The molecule has 1 N–H and O–H groups in total. The smallest absolute Gasteiger partial charge is 0.0881 e. The van der Waals surface area contributed by atoms with Crippen LogP contribution in [0.15, 0.2) is 83.9 Å². The Balaban J connectivity index is 1.68. The number of fused-ring (bicyclic) bond motifs is 6. The third kappa shape index (κ3) is 2.47. The molecule has 0 saturated carbocycles. The highest BCUT2D eigenvalue weighted by atomic mass is 14.8. The van der Waals surface area contributed by atoms with E-state index in [1.54, 1.807) is 0 Å². The Labute approximate surface area is 175 Å². The summed E-state index contributed by atoms with van der Waals surface area (Å²) in [6, 6.07) is 28.3. The Morgan fingerprint density at radius 1 is 0.733 bits per heavy atom. The van der Waals surface area contributed by atoms with Gasteiger partial charge in [0.2, 0.25) is 0 Å². The lowest BCUT2D eigenvalue weighted by molar-refractivity contribution is 1.14. The second-order valence-corrected chi connectivity index (χ2v) is 8.12. The molecule has 2 heteroatoms. The molecule has 1 aliphatic carbocycles. The number of H-pyrrole nitrogens is 1. The molecule has 1 aromatic heterocycles. The molecular formula is C28H22N2. The van der Waals surface area contributed by atoms with E-state index in [4.69, 9.17) is 4.99 Å². The first kappa shape index (κ1) is 17.2. The van der Waals surface area contributed by atoms with Gasteiger partial charge in [-0.3, -0.25) is 0 Å². The van der Waals surface area contributed by atoms with Crippen LogP contribution >= 0.6 is 0 Å². The molecule has 0 spiro atoms. The lowest BCUT2D eigenvalue weighted by Crippen LogP contribution is -1.97. The molecule has 0 aliphatic heterocycles. The summed E-state index contributed by atoms with van der Waals surface area (Å²) in [5.41, 5.74) is 11.9. The molecule has 0 atom stereocenters. The highest BCUT2D eigenvalue weighted by molar-refractivity contribution is 6.26.